The molecule has 0 fully saturated rings. The molecule has 1 unspecified atom stereocenters. The topological polar surface area (TPSA) is 30.0 Å². The van der Waals surface area contributed by atoms with E-state index in [9.17, 15) is 4.79 Å². The van der Waals surface area contributed by atoms with Gasteiger partial charge in [0.25, 0.3) is 0 Å². The van der Waals surface area contributed by atoms with E-state index in [1.54, 1.807) is 6.20 Å². The number of aldehydes is 1. The monoisotopic (exact) mass is 203 g/mol. The second-order valence-electron chi connectivity index (χ2n) is 4.74. The molecule has 0 saturated heterocycles. The molecule has 1 aromatic rings. The van der Waals surface area contributed by atoms with Crippen LogP contribution in [0, 0.1) is 11.8 Å². The van der Waals surface area contributed by atoms with E-state index in [1.165, 1.54) is 17.7 Å². The Morgan fingerprint density at radius 2 is 2.33 bits per heavy atom. The maximum Gasteiger partial charge on any atom is 0.151 e. The molecule has 0 bridgehead atoms. The number of carbonyl (C=O) groups excluding carboxylic acids is 1. The Morgan fingerprint density at radius 1 is 1.53 bits per heavy atom. The number of hydrogen-bond acceptors (Lipinski definition) is 2. The van der Waals surface area contributed by atoms with Crippen LogP contribution in [0.2, 0.25) is 0 Å². The summed E-state index contributed by atoms with van der Waals surface area (Å²) in [4.78, 5) is 15.0. The van der Waals surface area contributed by atoms with Crippen molar-refractivity contribution in [1.29, 1.82) is 0 Å². The van der Waals surface area contributed by atoms with Crippen LogP contribution in [0.4, 0.5) is 0 Å². The number of carbonyl (C=O) groups is 1. The van der Waals surface area contributed by atoms with Crippen molar-refractivity contribution in [2.24, 2.45) is 11.8 Å². The average molecular weight is 203 g/mol. The molecule has 0 saturated carbocycles. The van der Waals surface area contributed by atoms with E-state index in [4.69, 9.17) is 0 Å². The van der Waals surface area contributed by atoms with Crippen LogP contribution in [0.5, 0.6) is 0 Å². The van der Waals surface area contributed by atoms with Crippen LogP contribution in [0.3, 0.4) is 0 Å². The second kappa shape index (κ2) is 4.13. The summed E-state index contributed by atoms with van der Waals surface area (Å²) in [5.41, 5.74) is 3.18. The Bertz CT molecular complexity index is 371. The highest BCUT2D eigenvalue weighted by Gasteiger charge is 2.21. The van der Waals surface area contributed by atoms with Gasteiger partial charge in [-0.15, -0.1) is 0 Å². The first-order chi connectivity index (χ1) is 7.20. The molecule has 80 valence electrons. The van der Waals surface area contributed by atoms with E-state index in [0.717, 1.165) is 31.0 Å². The third kappa shape index (κ3) is 2.09. The molecule has 1 atom stereocenters. The van der Waals surface area contributed by atoms with Crippen molar-refractivity contribution in [3.05, 3.63) is 29.1 Å². The maximum absolute atomic E-state index is 10.7. The lowest BCUT2D eigenvalue weighted by molar-refractivity contribution is 0.112. The summed E-state index contributed by atoms with van der Waals surface area (Å²) in [6.07, 6.45) is 5.95. The summed E-state index contributed by atoms with van der Waals surface area (Å²) in [6, 6.07) is 2.00. The molecule has 1 heterocycles. The highest BCUT2D eigenvalue weighted by molar-refractivity contribution is 5.74. The molecule has 2 rings (SSSR count). The number of nitrogens with zero attached hydrogens (tertiary/aromatic N) is 1. The Morgan fingerprint density at radius 3 is 3.00 bits per heavy atom. The summed E-state index contributed by atoms with van der Waals surface area (Å²) in [7, 11) is 0. The number of fused-ring (bicyclic) bond motifs is 1. The maximum atomic E-state index is 10.7. The van der Waals surface area contributed by atoms with Crippen molar-refractivity contribution in [2.45, 2.75) is 33.1 Å². The van der Waals surface area contributed by atoms with Crippen LogP contribution in [0.15, 0.2) is 12.3 Å². The first-order valence-corrected chi connectivity index (χ1v) is 5.63. The highest BCUT2D eigenvalue weighted by atomic mass is 16.1. The Kier molecular flexibility index (Phi) is 2.85. The predicted molar refractivity (Wildman–Crippen MR) is 60.0 cm³/mol. The third-order valence-corrected chi connectivity index (χ3v) is 3.39. The van der Waals surface area contributed by atoms with Crippen LogP contribution in [0.1, 0.15) is 41.9 Å². The van der Waals surface area contributed by atoms with Gasteiger partial charge < -0.3 is 0 Å². The zero-order valence-electron chi connectivity index (χ0n) is 9.36. The summed E-state index contributed by atoms with van der Waals surface area (Å²) in [5.74, 6) is 1.47. The fraction of sp³-hybridized carbons (Fsp3) is 0.538. The molecule has 0 radical (unpaired) electrons. The molecule has 1 aromatic heterocycles. The lowest BCUT2D eigenvalue weighted by atomic mass is 9.80. The number of aromatic nitrogens is 1. The van der Waals surface area contributed by atoms with Gasteiger partial charge >= 0.3 is 0 Å². The van der Waals surface area contributed by atoms with Gasteiger partial charge in [-0.2, -0.15) is 0 Å². The van der Waals surface area contributed by atoms with Gasteiger partial charge in [0.1, 0.15) is 0 Å². The molecule has 2 nitrogen and oxygen atoms in total. The van der Waals surface area contributed by atoms with Gasteiger partial charge in [0.2, 0.25) is 0 Å². The molecular formula is C13H17NO. The first kappa shape index (κ1) is 10.3. The van der Waals surface area contributed by atoms with Crippen molar-refractivity contribution >= 4 is 6.29 Å². The van der Waals surface area contributed by atoms with Gasteiger partial charge in [0.05, 0.1) is 0 Å². The van der Waals surface area contributed by atoms with Gasteiger partial charge in [0, 0.05) is 17.5 Å². The van der Waals surface area contributed by atoms with E-state index in [-0.39, 0.29) is 0 Å². The molecule has 2 heteroatoms. The van der Waals surface area contributed by atoms with E-state index < -0.39 is 0 Å². The van der Waals surface area contributed by atoms with E-state index in [1.807, 2.05) is 6.07 Å². The minimum Gasteiger partial charge on any atom is -0.298 e. The number of hydrogen-bond donors (Lipinski definition) is 0. The molecule has 0 spiro atoms. The summed E-state index contributed by atoms with van der Waals surface area (Å²) < 4.78 is 0. The molecule has 1 aliphatic rings. The van der Waals surface area contributed by atoms with Gasteiger partial charge in [-0.1, -0.05) is 13.8 Å². The summed E-state index contributed by atoms with van der Waals surface area (Å²) in [6.45, 7) is 4.54. The molecule has 0 aliphatic heterocycles. The van der Waals surface area contributed by atoms with Crippen molar-refractivity contribution in [3.63, 3.8) is 0 Å². The minimum absolute atomic E-state index is 0.707. The number of rotatable bonds is 2. The number of aryl methyl sites for hydroxylation is 1. The van der Waals surface area contributed by atoms with Gasteiger partial charge in [-0.3, -0.25) is 9.78 Å². The van der Waals surface area contributed by atoms with Crippen molar-refractivity contribution < 1.29 is 4.79 Å². The predicted octanol–water partition coefficient (Wildman–Crippen LogP) is 2.66. The zero-order valence-corrected chi connectivity index (χ0v) is 9.36. The zero-order chi connectivity index (χ0) is 10.8. The molecule has 1 aliphatic carbocycles. The van der Waals surface area contributed by atoms with Crippen molar-refractivity contribution in [2.75, 3.05) is 0 Å². The molecular weight excluding hydrogens is 186 g/mol. The smallest absolute Gasteiger partial charge is 0.151 e. The molecule has 15 heavy (non-hydrogen) atoms. The van der Waals surface area contributed by atoms with Crippen molar-refractivity contribution in [3.8, 4) is 0 Å². The first-order valence-electron chi connectivity index (χ1n) is 5.63. The Labute approximate surface area is 90.7 Å². The van der Waals surface area contributed by atoms with E-state index >= 15 is 0 Å². The fourth-order valence-electron chi connectivity index (χ4n) is 2.30. The Hall–Kier alpha value is -1.18. The lowest BCUT2D eigenvalue weighted by Crippen LogP contribution is -2.20. The van der Waals surface area contributed by atoms with Crippen LogP contribution < -0.4 is 0 Å². The van der Waals surface area contributed by atoms with Crippen LogP contribution >= 0.6 is 0 Å². The van der Waals surface area contributed by atoms with Gasteiger partial charge in [0.15, 0.2) is 6.29 Å². The van der Waals surface area contributed by atoms with Crippen LogP contribution in [-0.2, 0) is 12.8 Å². The van der Waals surface area contributed by atoms with Crippen LogP contribution in [0.25, 0.3) is 0 Å². The molecule has 0 amide bonds. The average Bonchev–Trinajstić information content (AvgIpc) is 2.27. The van der Waals surface area contributed by atoms with Gasteiger partial charge in [-0.05, 0) is 42.7 Å². The summed E-state index contributed by atoms with van der Waals surface area (Å²) in [5, 5.41) is 0. The fourth-order valence-corrected chi connectivity index (χ4v) is 2.30. The van der Waals surface area contributed by atoms with E-state index in [0.29, 0.717) is 5.56 Å². The second-order valence-corrected chi connectivity index (χ2v) is 4.74. The minimum atomic E-state index is 0.707. The standard InChI is InChI=1S/C13H17NO/c1-9(2)11-3-4-13-12(6-11)5-10(8-15)7-14-13/h5,7-9,11H,3-4,6H2,1-2H3. The number of pyridine rings is 1. The summed E-state index contributed by atoms with van der Waals surface area (Å²) >= 11 is 0. The Balaban J connectivity index is 2.27. The van der Waals surface area contributed by atoms with Gasteiger partial charge in [-0.25, -0.2) is 0 Å². The molecule has 0 N–H and O–H groups in total. The molecule has 0 aromatic carbocycles. The van der Waals surface area contributed by atoms with E-state index in [2.05, 4.69) is 18.8 Å². The highest BCUT2D eigenvalue weighted by Crippen LogP contribution is 2.29. The normalized spacial score (nSPS) is 20.1. The van der Waals surface area contributed by atoms with Crippen molar-refractivity contribution in [1.82, 2.24) is 4.98 Å². The van der Waals surface area contributed by atoms with Crippen LogP contribution in [-0.4, -0.2) is 11.3 Å². The quantitative estimate of drug-likeness (QED) is 0.692. The largest absolute Gasteiger partial charge is 0.298 e. The lowest BCUT2D eigenvalue weighted by Gasteiger charge is -2.26. The third-order valence-electron chi connectivity index (χ3n) is 3.39. The SMILES string of the molecule is CC(C)C1CCc2ncc(C=O)cc2C1.